The van der Waals surface area contributed by atoms with Gasteiger partial charge in [0.1, 0.15) is 6.10 Å². The first-order chi connectivity index (χ1) is 13.6. The largest absolute Gasteiger partial charge is 0.458 e. The van der Waals surface area contributed by atoms with Crippen LogP contribution in [-0.2, 0) is 6.54 Å². The Kier molecular flexibility index (Phi) is 5.06. The first kappa shape index (κ1) is 18.2. The number of benzene rings is 1. The van der Waals surface area contributed by atoms with Gasteiger partial charge in [0, 0.05) is 48.9 Å². The van der Waals surface area contributed by atoms with Crippen molar-refractivity contribution in [1.82, 2.24) is 24.4 Å². The van der Waals surface area contributed by atoms with Crippen LogP contribution in [0.25, 0.3) is 0 Å². The molecule has 0 aliphatic carbocycles. The van der Waals surface area contributed by atoms with E-state index in [0.29, 0.717) is 24.7 Å². The van der Waals surface area contributed by atoms with E-state index < -0.39 is 0 Å². The van der Waals surface area contributed by atoms with Crippen LogP contribution in [0.3, 0.4) is 0 Å². The molecule has 0 saturated carbocycles. The molecule has 1 fully saturated rings. The molecule has 7 nitrogen and oxygen atoms in total. The summed E-state index contributed by atoms with van der Waals surface area (Å²) in [7, 11) is 0. The fourth-order valence-corrected chi connectivity index (χ4v) is 3.43. The van der Waals surface area contributed by atoms with E-state index in [9.17, 15) is 4.79 Å². The van der Waals surface area contributed by atoms with E-state index in [0.717, 1.165) is 29.9 Å². The van der Waals surface area contributed by atoms with E-state index in [-0.39, 0.29) is 12.0 Å². The number of nitrogens with zero attached hydrogens (tertiary/aromatic N) is 5. The van der Waals surface area contributed by atoms with Crippen molar-refractivity contribution in [3.63, 3.8) is 0 Å². The average Bonchev–Trinajstić information content (AvgIpc) is 3.33. The standard InChI is InChI=1S/C21H23N5O2/c1-15-11-16(2)24-21(23-15)28-19-7-9-26(13-19)20(27)18-5-3-17(4-6-18)12-25-10-8-22-14-25/h3-6,8,10-11,14,19H,7,9,12-13H2,1-2H3/t19-/m0/s1. The third-order valence-corrected chi connectivity index (χ3v) is 4.79. The van der Waals surface area contributed by atoms with E-state index in [1.165, 1.54) is 0 Å². The second-order valence-corrected chi connectivity index (χ2v) is 7.14. The maximum atomic E-state index is 12.8. The molecule has 3 aromatic rings. The molecule has 3 heterocycles. The normalized spacial score (nSPS) is 16.4. The Hall–Kier alpha value is -3.22. The van der Waals surface area contributed by atoms with Gasteiger partial charge in [-0.2, -0.15) is 0 Å². The Morgan fingerprint density at radius 2 is 1.93 bits per heavy atom. The van der Waals surface area contributed by atoms with Crippen molar-refractivity contribution >= 4 is 5.91 Å². The van der Waals surface area contributed by atoms with E-state index in [4.69, 9.17) is 4.74 Å². The minimum absolute atomic E-state index is 0.0293. The lowest BCUT2D eigenvalue weighted by Crippen LogP contribution is -2.31. The fourth-order valence-electron chi connectivity index (χ4n) is 3.43. The lowest BCUT2D eigenvalue weighted by atomic mass is 10.1. The highest BCUT2D eigenvalue weighted by Crippen LogP contribution is 2.19. The number of amides is 1. The highest BCUT2D eigenvalue weighted by molar-refractivity contribution is 5.94. The summed E-state index contributed by atoms with van der Waals surface area (Å²) in [4.78, 5) is 27.3. The highest BCUT2D eigenvalue weighted by atomic mass is 16.5. The molecular weight excluding hydrogens is 354 g/mol. The van der Waals surface area contributed by atoms with Gasteiger partial charge in [-0.15, -0.1) is 0 Å². The van der Waals surface area contributed by atoms with Gasteiger partial charge in [0.05, 0.1) is 12.9 Å². The number of ether oxygens (including phenoxy) is 1. The molecule has 1 saturated heterocycles. The molecule has 1 aromatic carbocycles. The Morgan fingerprint density at radius 3 is 2.61 bits per heavy atom. The summed E-state index contributed by atoms with van der Waals surface area (Å²) >= 11 is 0. The van der Waals surface area contributed by atoms with Gasteiger partial charge in [-0.1, -0.05) is 12.1 Å². The van der Waals surface area contributed by atoms with Gasteiger partial charge in [0.15, 0.2) is 0 Å². The molecule has 0 spiro atoms. The van der Waals surface area contributed by atoms with Crippen LogP contribution in [0.15, 0.2) is 49.1 Å². The number of carbonyl (C=O) groups is 1. The smallest absolute Gasteiger partial charge is 0.317 e. The van der Waals surface area contributed by atoms with Crippen LogP contribution in [0.2, 0.25) is 0 Å². The van der Waals surface area contributed by atoms with E-state index >= 15 is 0 Å². The van der Waals surface area contributed by atoms with Crippen LogP contribution < -0.4 is 4.74 Å². The predicted octanol–water partition coefficient (Wildman–Crippen LogP) is 2.63. The molecule has 0 N–H and O–H groups in total. The lowest BCUT2D eigenvalue weighted by molar-refractivity contribution is 0.0769. The topological polar surface area (TPSA) is 73.1 Å². The molecule has 1 amide bonds. The van der Waals surface area contributed by atoms with Gasteiger partial charge >= 0.3 is 6.01 Å². The summed E-state index contributed by atoms with van der Waals surface area (Å²) in [5, 5.41) is 0. The zero-order chi connectivity index (χ0) is 19.5. The van der Waals surface area contributed by atoms with Crippen molar-refractivity contribution < 1.29 is 9.53 Å². The van der Waals surface area contributed by atoms with Gasteiger partial charge in [0.25, 0.3) is 5.91 Å². The van der Waals surface area contributed by atoms with E-state index in [1.807, 2.05) is 59.8 Å². The minimum Gasteiger partial charge on any atom is -0.458 e. The second kappa shape index (κ2) is 7.80. The minimum atomic E-state index is -0.0781. The van der Waals surface area contributed by atoms with Crippen molar-refractivity contribution in [2.75, 3.05) is 13.1 Å². The molecular formula is C21H23N5O2. The number of carbonyl (C=O) groups excluding carboxylic acids is 1. The number of rotatable bonds is 5. The number of aryl methyl sites for hydroxylation is 2. The predicted molar refractivity (Wildman–Crippen MR) is 104 cm³/mol. The van der Waals surface area contributed by atoms with Crippen molar-refractivity contribution in [1.29, 1.82) is 0 Å². The molecule has 0 bridgehead atoms. The summed E-state index contributed by atoms with van der Waals surface area (Å²) in [5.74, 6) is 0.0293. The summed E-state index contributed by atoms with van der Waals surface area (Å²) in [6, 6.07) is 10.0. The van der Waals surface area contributed by atoms with Crippen molar-refractivity contribution in [2.24, 2.45) is 0 Å². The number of aromatic nitrogens is 4. The zero-order valence-electron chi connectivity index (χ0n) is 16.1. The van der Waals surface area contributed by atoms with Crippen LogP contribution >= 0.6 is 0 Å². The van der Waals surface area contributed by atoms with Crippen LogP contribution in [-0.4, -0.2) is 49.5 Å². The first-order valence-corrected chi connectivity index (χ1v) is 9.40. The Labute approximate surface area is 164 Å². The molecule has 1 aliphatic rings. The SMILES string of the molecule is Cc1cc(C)nc(O[C@H]2CCN(C(=O)c3ccc(Cn4ccnc4)cc3)C2)n1. The Morgan fingerprint density at radius 1 is 1.18 bits per heavy atom. The van der Waals surface area contributed by atoms with E-state index in [2.05, 4.69) is 15.0 Å². The summed E-state index contributed by atoms with van der Waals surface area (Å²) in [6.45, 7) is 5.80. The molecule has 0 unspecified atom stereocenters. The summed E-state index contributed by atoms with van der Waals surface area (Å²) < 4.78 is 7.90. The van der Waals surface area contributed by atoms with Crippen LogP contribution in [0, 0.1) is 13.8 Å². The van der Waals surface area contributed by atoms with E-state index in [1.54, 1.807) is 12.5 Å². The lowest BCUT2D eigenvalue weighted by Gasteiger charge is -2.17. The highest BCUT2D eigenvalue weighted by Gasteiger charge is 2.29. The van der Waals surface area contributed by atoms with Crippen molar-refractivity contribution in [2.45, 2.75) is 32.9 Å². The zero-order valence-corrected chi connectivity index (χ0v) is 16.1. The van der Waals surface area contributed by atoms with Gasteiger partial charge < -0.3 is 14.2 Å². The van der Waals surface area contributed by atoms with Crippen molar-refractivity contribution in [3.05, 3.63) is 71.6 Å². The molecule has 1 aliphatic heterocycles. The summed E-state index contributed by atoms with van der Waals surface area (Å²) in [6.07, 6.45) is 6.16. The molecule has 0 radical (unpaired) electrons. The maximum absolute atomic E-state index is 12.8. The quantitative estimate of drug-likeness (QED) is 0.683. The number of hydrogen-bond acceptors (Lipinski definition) is 5. The third kappa shape index (κ3) is 4.19. The fraction of sp³-hybridized carbons (Fsp3) is 0.333. The molecule has 2 aromatic heterocycles. The maximum Gasteiger partial charge on any atom is 0.317 e. The molecule has 1 atom stereocenters. The van der Waals surface area contributed by atoms with Gasteiger partial charge in [-0.05, 0) is 37.6 Å². The van der Waals surface area contributed by atoms with Crippen molar-refractivity contribution in [3.8, 4) is 6.01 Å². The van der Waals surface area contributed by atoms with Crippen LogP contribution in [0.5, 0.6) is 6.01 Å². The monoisotopic (exact) mass is 377 g/mol. The number of imidazole rings is 1. The Bertz CT molecular complexity index is 933. The molecule has 28 heavy (non-hydrogen) atoms. The van der Waals surface area contributed by atoms with Gasteiger partial charge in [-0.25, -0.2) is 15.0 Å². The number of hydrogen-bond donors (Lipinski definition) is 0. The number of likely N-dealkylation sites (tertiary alicyclic amines) is 1. The molecule has 7 heteroatoms. The second-order valence-electron chi connectivity index (χ2n) is 7.14. The van der Waals surface area contributed by atoms with Crippen LogP contribution in [0.4, 0.5) is 0 Å². The molecule has 144 valence electrons. The van der Waals surface area contributed by atoms with Gasteiger partial charge in [-0.3, -0.25) is 4.79 Å². The van der Waals surface area contributed by atoms with Crippen LogP contribution in [0.1, 0.15) is 33.7 Å². The third-order valence-electron chi connectivity index (χ3n) is 4.79. The Balaban J connectivity index is 1.36. The summed E-state index contributed by atoms with van der Waals surface area (Å²) in [5.41, 5.74) is 3.58. The average molecular weight is 377 g/mol. The first-order valence-electron chi connectivity index (χ1n) is 9.40. The molecule has 4 rings (SSSR count). The van der Waals surface area contributed by atoms with Gasteiger partial charge in [0.2, 0.25) is 0 Å².